The summed E-state index contributed by atoms with van der Waals surface area (Å²) in [5, 5.41) is 3.45. The van der Waals surface area contributed by atoms with Gasteiger partial charge in [-0.1, -0.05) is 13.8 Å². The van der Waals surface area contributed by atoms with Gasteiger partial charge in [0.1, 0.15) is 0 Å². The molecule has 110 valence electrons. The molecular formula is C15H33NO2. The van der Waals surface area contributed by atoms with Crippen LogP contribution in [0.15, 0.2) is 0 Å². The molecule has 0 aromatic rings. The highest BCUT2D eigenvalue weighted by atomic mass is 16.5. The highest BCUT2D eigenvalue weighted by Crippen LogP contribution is 2.05. The van der Waals surface area contributed by atoms with Gasteiger partial charge >= 0.3 is 0 Å². The number of ether oxygens (including phenoxy) is 2. The van der Waals surface area contributed by atoms with E-state index in [1.54, 1.807) is 0 Å². The number of unbranched alkanes of at least 4 members (excludes halogenated alkanes) is 2. The average Bonchev–Trinajstić information content (AvgIpc) is 2.24. The van der Waals surface area contributed by atoms with Gasteiger partial charge in [-0.2, -0.15) is 0 Å². The van der Waals surface area contributed by atoms with E-state index in [-0.39, 0.29) is 5.60 Å². The summed E-state index contributed by atoms with van der Waals surface area (Å²) in [5.74, 6) is 0.746. The van der Waals surface area contributed by atoms with Crippen LogP contribution in [-0.4, -0.2) is 38.5 Å². The third-order valence-corrected chi connectivity index (χ3v) is 2.46. The molecule has 0 rings (SSSR count). The Balaban J connectivity index is 3.04. The zero-order chi connectivity index (χ0) is 13.9. The molecule has 3 nitrogen and oxygen atoms in total. The maximum Gasteiger partial charge on any atom is 0.0707 e. The van der Waals surface area contributed by atoms with Gasteiger partial charge in [0.2, 0.25) is 0 Å². The zero-order valence-electron chi connectivity index (χ0n) is 13.1. The van der Waals surface area contributed by atoms with Gasteiger partial charge in [0.05, 0.1) is 18.8 Å². The fourth-order valence-electron chi connectivity index (χ4n) is 1.53. The molecule has 0 bridgehead atoms. The Bertz CT molecular complexity index is 176. The molecule has 0 aliphatic heterocycles. The lowest BCUT2D eigenvalue weighted by molar-refractivity contribution is -0.0351. The van der Waals surface area contributed by atoms with Gasteiger partial charge in [-0.3, -0.25) is 0 Å². The van der Waals surface area contributed by atoms with E-state index in [9.17, 15) is 0 Å². The predicted octanol–water partition coefficient (Wildman–Crippen LogP) is 3.23. The van der Waals surface area contributed by atoms with E-state index in [1.165, 1.54) is 12.8 Å². The van der Waals surface area contributed by atoms with Gasteiger partial charge in [0, 0.05) is 6.61 Å². The van der Waals surface area contributed by atoms with E-state index in [4.69, 9.17) is 9.47 Å². The van der Waals surface area contributed by atoms with Crippen LogP contribution < -0.4 is 5.32 Å². The van der Waals surface area contributed by atoms with Crippen molar-refractivity contribution in [1.29, 1.82) is 0 Å². The van der Waals surface area contributed by atoms with Crippen molar-refractivity contribution < 1.29 is 9.47 Å². The Morgan fingerprint density at radius 3 is 2.28 bits per heavy atom. The summed E-state index contributed by atoms with van der Waals surface area (Å²) < 4.78 is 11.1. The number of hydrogen-bond acceptors (Lipinski definition) is 3. The topological polar surface area (TPSA) is 30.5 Å². The van der Waals surface area contributed by atoms with E-state index >= 15 is 0 Å². The summed E-state index contributed by atoms with van der Waals surface area (Å²) in [4.78, 5) is 0. The molecule has 0 aliphatic carbocycles. The molecule has 3 heteroatoms. The lowest BCUT2D eigenvalue weighted by Gasteiger charge is -2.19. The second-order valence-electron chi connectivity index (χ2n) is 6.23. The van der Waals surface area contributed by atoms with Crippen LogP contribution in [0.5, 0.6) is 0 Å². The summed E-state index contributed by atoms with van der Waals surface area (Å²) in [7, 11) is 0. The molecule has 0 atom stereocenters. The first-order valence-corrected chi connectivity index (χ1v) is 7.34. The molecule has 1 N–H and O–H groups in total. The molecule has 0 aliphatic rings. The maximum atomic E-state index is 5.58. The first-order valence-electron chi connectivity index (χ1n) is 7.34. The Labute approximate surface area is 114 Å². The highest BCUT2D eigenvalue weighted by Gasteiger charge is 2.08. The van der Waals surface area contributed by atoms with Crippen molar-refractivity contribution >= 4 is 0 Å². The molecular weight excluding hydrogens is 226 g/mol. The van der Waals surface area contributed by atoms with Gasteiger partial charge in [-0.15, -0.1) is 0 Å². The molecule has 0 heterocycles. The second-order valence-corrected chi connectivity index (χ2v) is 6.23. The zero-order valence-corrected chi connectivity index (χ0v) is 13.1. The van der Waals surface area contributed by atoms with Crippen molar-refractivity contribution in [3.8, 4) is 0 Å². The molecule has 0 saturated heterocycles. The van der Waals surface area contributed by atoms with Crippen LogP contribution >= 0.6 is 0 Å². The van der Waals surface area contributed by atoms with Crippen LogP contribution in [0.25, 0.3) is 0 Å². The maximum absolute atomic E-state index is 5.58. The summed E-state index contributed by atoms with van der Waals surface area (Å²) in [6.45, 7) is 15.2. The molecule has 0 saturated carbocycles. The summed E-state index contributed by atoms with van der Waals surface area (Å²) in [5.41, 5.74) is -0.0502. The first-order chi connectivity index (χ1) is 8.42. The molecule has 0 spiro atoms. The fraction of sp³-hybridized carbons (Fsp3) is 1.00. The van der Waals surface area contributed by atoms with Crippen molar-refractivity contribution in [3.63, 3.8) is 0 Å². The van der Waals surface area contributed by atoms with Crippen molar-refractivity contribution in [2.24, 2.45) is 5.92 Å². The minimum absolute atomic E-state index is 0.0502. The van der Waals surface area contributed by atoms with E-state index in [1.807, 2.05) is 0 Å². The smallest absolute Gasteiger partial charge is 0.0707 e. The largest absolute Gasteiger partial charge is 0.379 e. The third kappa shape index (κ3) is 15.9. The lowest BCUT2D eigenvalue weighted by atomic mass is 10.2. The van der Waals surface area contributed by atoms with E-state index in [0.717, 1.165) is 32.0 Å². The Morgan fingerprint density at radius 1 is 0.944 bits per heavy atom. The standard InChI is InChI=1S/C15H33NO2/c1-14(2)13-16-9-7-6-8-10-17-11-12-18-15(3,4)5/h14,16H,6-13H2,1-5H3. The lowest BCUT2D eigenvalue weighted by Crippen LogP contribution is -2.22. The third-order valence-electron chi connectivity index (χ3n) is 2.46. The molecule has 0 radical (unpaired) electrons. The summed E-state index contributed by atoms with van der Waals surface area (Å²) >= 11 is 0. The Hall–Kier alpha value is -0.120. The van der Waals surface area contributed by atoms with Crippen molar-refractivity contribution in [2.75, 3.05) is 32.9 Å². The fourth-order valence-corrected chi connectivity index (χ4v) is 1.53. The minimum atomic E-state index is -0.0502. The van der Waals surface area contributed by atoms with Gasteiger partial charge in [-0.25, -0.2) is 0 Å². The monoisotopic (exact) mass is 259 g/mol. The van der Waals surface area contributed by atoms with E-state index in [0.29, 0.717) is 13.2 Å². The minimum Gasteiger partial charge on any atom is -0.379 e. The number of nitrogens with one attached hydrogen (secondary N) is 1. The van der Waals surface area contributed by atoms with Crippen molar-refractivity contribution in [2.45, 2.75) is 59.5 Å². The van der Waals surface area contributed by atoms with E-state index in [2.05, 4.69) is 39.9 Å². The Morgan fingerprint density at radius 2 is 1.67 bits per heavy atom. The van der Waals surface area contributed by atoms with Crippen LogP contribution in [-0.2, 0) is 9.47 Å². The van der Waals surface area contributed by atoms with Gasteiger partial charge in [0.25, 0.3) is 0 Å². The van der Waals surface area contributed by atoms with Crippen molar-refractivity contribution in [1.82, 2.24) is 5.32 Å². The van der Waals surface area contributed by atoms with Crippen LogP contribution in [0, 0.1) is 5.92 Å². The number of rotatable bonds is 11. The molecule has 0 fully saturated rings. The quantitative estimate of drug-likeness (QED) is 0.578. The average molecular weight is 259 g/mol. The normalized spacial score (nSPS) is 12.3. The Kier molecular flexibility index (Phi) is 10.7. The second kappa shape index (κ2) is 10.8. The molecule has 18 heavy (non-hydrogen) atoms. The number of hydrogen-bond donors (Lipinski definition) is 1. The predicted molar refractivity (Wildman–Crippen MR) is 78.1 cm³/mol. The van der Waals surface area contributed by atoms with Crippen LogP contribution in [0.2, 0.25) is 0 Å². The van der Waals surface area contributed by atoms with Gasteiger partial charge in [0.15, 0.2) is 0 Å². The first kappa shape index (κ1) is 17.9. The van der Waals surface area contributed by atoms with Crippen molar-refractivity contribution in [3.05, 3.63) is 0 Å². The summed E-state index contributed by atoms with van der Waals surface area (Å²) in [6, 6.07) is 0. The SMILES string of the molecule is CC(C)CNCCCCCOCCOC(C)(C)C. The highest BCUT2D eigenvalue weighted by molar-refractivity contribution is 4.58. The molecule has 0 aromatic heterocycles. The van der Waals surface area contributed by atoms with Gasteiger partial charge < -0.3 is 14.8 Å². The molecule has 0 aromatic carbocycles. The summed E-state index contributed by atoms with van der Waals surface area (Å²) in [6.07, 6.45) is 3.64. The van der Waals surface area contributed by atoms with Crippen LogP contribution in [0.4, 0.5) is 0 Å². The molecule has 0 amide bonds. The van der Waals surface area contributed by atoms with Crippen LogP contribution in [0.3, 0.4) is 0 Å². The van der Waals surface area contributed by atoms with Gasteiger partial charge in [-0.05, 0) is 59.0 Å². The van der Waals surface area contributed by atoms with E-state index < -0.39 is 0 Å². The molecule has 0 unspecified atom stereocenters. The van der Waals surface area contributed by atoms with Crippen LogP contribution in [0.1, 0.15) is 53.9 Å².